The van der Waals surface area contributed by atoms with E-state index in [1.54, 1.807) is 13.0 Å². The zero-order valence-electron chi connectivity index (χ0n) is 17.0. The smallest absolute Gasteiger partial charge is 0.320 e. The van der Waals surface area contributed by atoms with Crippen molar-refractivity contribution in [2.24, 2.45) is 0 Å². The van der Waals surface area contributed by atoms with Crippen molar-refractivity contribution in [3.05, 3.63) is 34.9 Å². The molecule has 0 aliphatic heterocycles. The first-order valence-electron chi connectivity index (χ1n) is 9.37. The summed E-state index contributed by atoms with van der Waals surface area (Å²) in [5.41, 5.74) is 2.04. The van der Waals surface area contributed by atoms with E-state index < -0.39 is 37.0 Å². The van der Waals surface area contributed by atoms with Crippen LogP contribution in [0, 0.1) is 18.8 Å². The normalized spacial score (nSPS) is 11.3. The summed E-state index contributed by atoms with van der Waals surface area (Å²) >= 11 is 0. The molecule has 0 unspecified atom stereocenters. The molecule has 1 aromatic rings. The van der Waals surface area contributed by atoms with Gasteiger partial charge in [0.25, 0.3) is 5.91 Å². The third kappa shape index (κ3) is 8.32. The van der Waals surface area contributed by atoms with Gasteiger partial charge in [-0.25, -0.2) is 0 Å². The molecule has 1 aromatic carbocycles. The fourth-order valence-electron chi connectivity index (χ4n) is 2.93. The van der Waals surface area contributed by atoms with Gasteiger partial charge >= 0.3 is 17.9 Å². The lowest BCUT2D eigenvalue weighted by molar-refractivity contribution is -0.149. The van der Waals surface area contributed by atoms with Crippen LogP contribution in [0.1, 0.15) is 47.7 Å². The monoisotopic (exact) mass is 418 g/mol. The summed E-state index contributed by atoms with van der Waals surface area (Å²) in [5, 5.41) is 29.9. The van der Waals surface area contributed by atoms with E-state index in [1.807, 2.05) is 19.1 Å². The van der Waals surface area contributed by atoms with Crippen molar-refractivity contribution in [2.75, 3.05) is 19.6 Å². The van der Waals surface area contributed by atoms with Crippen LogP contribution in [-0.4, -0.2) is 69.7 Å². The second-order valence-corrected chi connectivity index (χ2v) is 6.70. The second-order valence-electron chi connectivity index (χ2n) is 6.70. The average Bonchev–Trinajstić information content (AvgIpc) is 2.64. The van der Waals surface area contributed by atoms with Gasteiger partial charge in [-0.2, -0.15) is 0 Å². The van der Waals surface area contributed by atoms with Crippen LogP contribution in [0.3, 0.4) is 0 Å². The van der Waals surface area contributed by atoms with Gasteiger partial charge < -0.3 is 20.6 Å². The van der Waals surface area contributed by atoms with Crippen LogP contribution >= 0.6 is 0 Å². The van der Waals surface area contributed by atoms with Crippen LogP contribution in [0.5, 0.6) is 0 Å². The van der Waals surface area contributed by atoms with E-state index >= 15 is 0 Å². The molecule has 0 fully saturated rings. The van der Waals surface area contributed by atoms with Gasteiger partial charge in [0.2, 0.25) is 0 Å². The molecule has 0 bridgehead atoms. The van der Waals surface area contributed by atoms with Crippen LogP contribution in [0.15, 0.2) is 18.2 Å². The molecular weight excluding hydrogens is 392 g/mol. The Kier molecular flexibility index (Phi) is 10.1. The number of rotatable bonds is 12. The summed E-state index contributed by atoms with van der Waals surface area (Å²) < 4.78 is 0. The number of unbranched alkanes of at least 4 members (excludes halogenated alkanes) is 1. The number of amides is 1. The molecule has 0 spiro atoms. The molecule has 0 aliphatic carbocycles. The number of nitrogens with zero attached hydrogens (tertiary/aromatic N) is 1. The largest absolute Gasteiger partial charge is 0.480 e. The molecule has 0 aliphatic rings. The topological polar surface area (TPSA) is 144 Å². The van der Waals surface area contributed by atoms with Gasteiger partial charge in [-0.1, -0.05) is 12.0 Å². The molecular formula is C21H26N2O7. The van der Waals surface area contributed by atoms with Crippen molar-refractivity contribution in [3.63, 3.8) is 0 Å². The number of hydrogen-bond acceptors (Lipinski definition) is 5. The summed E-state index contributed by atoms with van der Waals surface area (Å²) in [5.74, 6) is 1.51. The van der Waals surface area contributed by atoms with Gasteiger partial charge in [-0.3, -0.25) is 24.1 Å². The van der Waals surface area contributed by atoms with E-state index in [4.69, 9.17) is 10.2 Å². The van der Waals surface area contributed by atoms with E-state index in [-0.39, 0.29) is 12.3 Å². The summed E-state index contributed by atoms with van der Waals surface area (Å²) in [6.45, 7) is 2.45. The fraction of sp³-hybridized carbons (Fsp3) is 0.429. The maximum atomic E-state index is 12.4. The van der Waals surface area contributed by atoms with Crippen molar-refractivity contribution < 1.29 is 34.5 Å². The van der Waals surface area contributed by atoms with Gasteiger partial charge in [-0.15, -0.1) is 5.92 Å². The number of hydrogen-bond donors (Lipinski definition) is 4. The lowest BCUT2D eigenvalue weighted by Crippen LogP contribution is -2.46. The third-order valence-corrected chi connectivity index (χ3v) is 4.34. The number of carboxylic acids is 3. The Morgan fingerprint density at radius 2 is 1.70 bits per heavy atom. The number of carboxylic acid groups (broad SMARTS) is 3. The molecule has 162 valence electrons. The Balaban J connectivity index is 2.61. The zero-order valence-corrected chi connectivity index (χ0v) is 17.0. The lowest BCUT2D eigenvalue weighted by Gasteiger charge is -2.25. The van der Waals surface area contributed by atoms with Crippen molar-refractivity contribution in [2.45, 2.75) is 39.2 Å². The van der Waals surface area contributed by atoms with Crippen LogP contribution in [0.25, 0.3) is 0 Å². The highest BCUT2D eigenvalue weighted by Crippen LogP contribution is 2.12. The van der Waals surface area contributed by atoms with E-state index in [0.29, 0.717) is 24.9 Å². The highest BCUT2D eigenvalue weighted by Gasteiger charge is 2.28. The average molecular weight is 418 g/mol. The molecule has 4 N–H and O–H groups in total. The second kappa shape index (κ2) is 12.2. The molecule has 0 saturated heterocycles. The highest BCUT2D eigenvalue weighted by atomic mass is 16.4. The zero-order chi connectivity index (χ0) is 22.7. The van der Waals surface area contributed by atoms with Crippen LogP contribution in [-0.2, 0) is 14.4 Å². The Hall–Kier alpha value is -3.38. The maximum absolute atomic E-state index is 12.4. The third-order valence-electron chi connectivity index (χ3n) is 4.34. The minimum absolute atomic E-state index is 0.0619. The van der Waals surface area contributed by atoms with Crippen molar-refractivity contribution in [1.29, 1.82) is 0 Å². The lowest BCUT2D eigenvalue weighted by atomic mass is 10.0. The molecule has 1 amide bonds. The van der Waals surface area contributed by atoms with Crippen LogP contribution in [0.2, 0.25) is 0 Å². The number of carbonyl (C=O) groups is 4. The van der Waals surface area contributed by atoms with E-state index in [0.717, 1.165) is 16.0 Å². The minimum Gasteiger partial charge on any atom is -0.480 e. The molecule has 0 heterocycles. The molecule has 9 heteroatoms. The number of aliphatic carboxylic acids is 3. The maximum Gasteiger partial charge on any atom is 0.320 e. The molecule has 9 nitrogen and oxygen atoms in total. The van der Waals surface area contributed by atoms with E-state index in [2.05, 4.69) is 17.2 Å². The van der Waals surface area contributed by atoms with Crippen molar-refractivity contribution >= 4 is 23.8 Å². The van der Waals surface area contributed by atoms with Crippen molar-refractivity contribution in [1.82, 2.24) is 10.2 Å². The quantitative estimate of drug-likeness (QED) is 0.293. The van der Waals surface area contributed by atoms with E-state index in [1.165, 1.54) is 0 Å². The Labute approximate surface area is 174 Å². The number of carbonyl (C=O) groups excluding carboxylic acids is 1. The van der Waals surface area contributed by atoms with E-state index in [9.17, 15) is 24.3 Å². The summed E-state index contributed by atoms with van der Waals surface area (Å²) in [6, 6.07) is 4.11. The van der Waals surface area contributed by atoms with Gasteiger partial charge in [-0.05, 0) is 50.8 Å². The minimum atomic E-state index is -1.31. The fourth-order valence-corrected chi connectivity index (χ4v) is 2.93. The summed E-state index contributed by atoms with van der Waals surface area (Å²) in [7, 11) is 0. The Morgan fingerprint density at radius 1 is 1.07 bits per heavy atom. The predicted molar refractivity (Wildman–Crippen MR) is 108 cm³/mol. The van der Waals surface area contributed by atoms with Crippen molar-refractivity contribution in [3.8, 4) is 11.8 Å². The highest BCUT2D eigenvalue weighted by molar-refractivity contribution is 5.96. The first kappa shape index (κ1) is 24.7. The number of aryl methyl sites for hydroxylation is 1. The molecule has 30 heavy (non-hydrogen) atoms. The summed E-state index contributed by atoms with van der Waals surface area (Å²) in [4.78, 5) is 46.6. The molecule has 0 radical (unpaired) electrons. The van der Waals surface area contributed by atoms with Gasteiger partial charge in [0.05, 0.1) is 13.1 Å². The first-order valence-corrected chi connectivity index (χ1v) is 9.37. The van der Waals surface area contributed by atoms with Crippen LogP contribution < -0.4 is 5.32 Å². The predicted octanol–water partition coefficient (Wildman–Crippen LogP) is 1.19. The standard InChI is InChI=1S/C21H26N2O7/c1-3-6-15-9-8-14(2)16(11-15)20(28)22-10-5-4-7-17(21(29)30)23(12-18(24)25)13-19(26)27/h8-9,11,17H,4-5,7,10,12-13H2,1-2H3,(H,22,28)(H,24,25)(H,26,27)(H,29,30)/t17-/m1/s1. The van der Waals surface area contributed by atoms with Crippen LogP contribution in [0.4, 0.5) is 0 Å². The first-order chi connectivity index (χ1) is 14.1. The van der Waals surface area contributed by atoms with Gasteiger partial charge in [0.15, 0.2) is 0 Å². The van der Waals surface area contributed by atoms with Gasteiger partial charge in [0, 0.05) is 17.7 Å². The molecule has 0 aromatic heterocycles. The number of benzene rings is 1. The van der Waals surface area contributed by atoms with Gasteiger partial charge in [0.1, 0.15) is 6.04 Å². The Morgan fingerprint density at radius 3 is 2.23 bits per heavy atom. The molecule has 1 rings (SSSR count). The Bertz CT molecular complexity index is 839. The summed E-state index contributed by atoms with van der Waals surface area (Å²) in [6.07, 6.45) is 0.886. The molecule has 0 saturated carbocycles. The molecule has 1 atom stereocenters. The SMILES string of the molecule is CC#Cc1ccc(C)c(C(=O)NCCCC[C@H](C(=O)O)N(CC(=O)O)CC(=O)O)c1. The number of nitrogens with one attached hydrogen (secondary N) is 1.